The third kappa shape index (κ3) is 3.61. The molecule has 2 aromatic rings. The van der Waals surface area contributed by atoms with Crippen molar-refractivity contribution in [2.45, 2.75) is 4.90 Å². The maximum atomic E-state index is 13.0. The summed E-state index contributed by atoms with van der Waals surface area (Å²) in [5, 5.41) is 9.04. The van der Waals surface area contributed by atoms with Crippen LogP contribution in [0.2, 0.25) is 0 Å². The van der Waals surface area contributed by atoms with E-state index in [1.165, 1.54) is 12.1 Å². The van der Waals surface area contributed by atoms with E-state index in [-0.39, 0.29) is 20.6 Å². The van der Waals surface area contributed by atoms with Crippen molar-refractivity contribution in [2.75, 3.05) is 4.72 Å². The standard InChI is InChI=1S/C13H7Br2FN2O2S/c14-9-1-3-12(8(5-9)7-17)18-21(19,20)13-4-2-10(16)6-11(13)15/h1-6,18H. The first-order valence-corrected chi connectivity index (χ1v) is 8.58. The van der Waals surface area contributed by atoms with Crippen LogP contribution in [-0.4, -0.2) is 8.42 Å². The van der Waals surface area contributed by atoms with Gasteiger partial charge in [-0.25, -0.2) is 12.8 Å². The summed E-state index contributed by atoms with van der Waals surface area (Å²) in [5.41, 5.74) is 0.322. The Labute approximate surface area is 137 Å². The zero-order valence-corrected chi connectivity index (χ0v) is 14.3. The molecule has 0 aromatic heterocycles. The van der Waals surface area contributed by atoms with Gasteiger partial charge in [-0.15, -0.1) is 0 Å². The molecule has 0 spiro atoms. The van der Waals surface area contributed by atoms with Gasteiger partial charge in [-0.3, -0.25) is 4.72 Å². The fourth-order valence-corrected chi connectivity index (χ4v) is 4.08. The second-order valence-electron chi connectivity index (χ2n) is 3.98. The van der Waals surface area contributed by atoms with E-state index < -0.39 is 15.8 Å². The zero-order valence-electron chi connectivity index (χ0n) is 10.3. The van der Waals surface area contributed by atoms with Gasteiger partial charge in [0.15, 0.2) is 0 Å². The maximum absolute atomic E-state index is 13.0. The first-order chi connectivity index (χ1) is 9.83. The van der Waals surface area contributed by atoms with Crippen molar-refractivity contribution in [3.05, 3.63) is 56.7 Å². The number of benzene rings is 2. The normalized spacial score (nSPS) is 11.0. The summed E-state index contributed by atoms with van der Waals surface area (Å²) in [5.74, 6) is -0.554. The maximum Gasteiger partial charge on any atom is 0.263 e. The van der Waals surface area contributed by atoms with Crippen molar-refractivity contribution in [3.63, 3.8) is 0 Å². The third-order valence-electron chi connectivity index (χ3n) is 2.53. The van der Waals surface area contributed by atoms with Crippen LogP contribution in [0.25, 0.3) is 0 Å². The Hall–Kier alpha value is -1.43. The van der Waals surface area contributed by atoms with Gasteiger partial charge in [-0.05, 0) is 52.3 Å². The van der Waals surface area contributed by atoms with E-state index >= 15 is 0 Å². The van der Waals surface area contributed by atoms with E-state index in [9.17, 15) is 12.8 Å². The summed E-state index contributed by atoms with van der Waals surface area (Å²) in [4.78, 5) is -0.115. The monoisotopic (exact) mass is 432 g/mol. The van der Waals surface area contributed by atoms with Gasteiger partial charge in [-0.1, -0.05) is 15.9 Å². The Balaban J connectivity index is 2.45. The van der Waals surface area contributed by atoms with E-state index in [1.54, 1.807) is 6.07 Å². The number of hydrogen-bond acceptors (Lipinski definition) is 3. The lowest BCUT2D eigenvalue weighted by atomic mass is 10.2. The van der Waals surface area contributed by atoms with Gasteiger partial charge in [-0.2, -0.15) is 5.26 Å². The van der Waals surface area contributed by atoms with E-state index in [4.69, 9.17) is 5.26 Å². The number of nitriles is 1. The molecular weight excluding hydrogens is 427 g/mol. The molecule has 8 heteroatoms. The van der Waals surface area contributed by atoms with E-state index in [0.29, 0.717) is 4.47 Å². The predicted octanol–water partition coefficient (Wildman–Crippen LogP) is 4.02. The molecule has 0 heterocycles. The van der Waals surface area contributed by atoms with Crippen LogP contribution in [0.1, 0.15) is 5.56 Å². The summed E-state index contributed by atoms with van der Waals surface area (Å²) in [6.07, 6.45) is 0. The minimum absolute atomic E-state index is 0.102. The van der Waals surface area contributed by atoms with E-state index in [1.807, 2.05) is 6.07 Å². The van der Waals surface area contributed by atoms with Crippen molar-refractivity contribution in [1.82, 2.24) is 0 Å². The van der Waals surface area contributed by atoms with Crippen LogP contribution in [0.4, 0.5) is 10.1 Å². The average Bonchev–Trinajstić information content (AvgIpc) is 2.40. The first kappa shape index (κ1) is 15.9. The van der Waals surface area contributed by atoms with E-state index in [0.717, 1.165) is 18.2 Å². The molecule has 0 bridgehead atoms. The molecule has 0 saturated carbocycles. The molecule has 0 radical (unpaired) electrons. The van der Waals surface area contributed by atoms with Crippen LogP contribution in [0.3, 0.4) is 0 Å². The summed E-state index contributed by atoms with van der Waals surface area (Å²) >= 11 is 6.22. The van der Waals surface area contributed by atoms with E-state index in [2.05, 4.69) is 36.6 Å². The highest BCUT2D eigenvalue weighted by Gasteiger charge is 2.19. The molecule has 1 N–H and O–H groups in total. The van der Waals surface area contributed by atoms with Crippen molar-refractivity contribution < 1.29 is 12.8 Å². The molecule has 2 rings (SSSR count). The minimum atomic E-state index is -3.94. The van der Waals surface area contributed by atoms with Crippen LogP contribution < -0.4 is 4.72 Å². The molecule has 0 amide bonds. The highest BCUT2D eigenvalue weighted by atomic mass is 79.9. The zero-order chi connectivity index (χ0) is 15.6. The molecule has 0 aliphatic heterocycles. The minimum Gasteiger partial charge on any atom is -0.278 e. The smallest absolute Gasteiger partial charge is 0.263 e. The average molecular weight is 434 g/mol. The summed E-state index contributed by atoms with van der Waals surface area (Å²) in [7, 11) is -3.94. The van der Waals surface area contributed by atoms with Crippen molar-refractivity contribution in [1.29, 1.82) is 5.26 Å². The second-order valence-corrected chi connectivity index (χ2v) is 7.40. The molecule has 21 heavy (non-hydrogen) atoms. The Morgan fingerprint density at radius 2 is 1.86 bits per heavy atom. The highest BCUT2D eigenvalue weighted by molar-refractivity contribution is 9.10. The fraction of sp³-hybridized carbons (Fsp3) is 0. The van der Waals surface area contributed by atoms with Crippen LogP contribution in [-0.2, 0) is 10.0 Å². The van der Waals surface area contributed by atoms with Gasteiger partial charge in [0.25, 0.3) is 10.0 Å². The molecule has 0 fully saturated rings. The second kappa shape index (κ2) is 6.13. The van der Waals surface area contributed by atoms with Gasteiger partial charge in [0, 0.05) is 8.95 Å². The van der Waals surface area contributed by atoms with Gasteiger partial charge < -0.3 is 0 Å². The van der Waals surface area contributed by atoms with Crippen LogP contribution in [0.15, 0.2) is 50.2 Å². The first-order valence-electron chi connectivity index (χ1n) is 5.51. The van der Waals surface area contributed by atoms with Crippen LogP contribution in [0, 0.1) is 17.1 Å². The molecule has 0 unspecified atom stereocenters. The summed E-state index contributed by atoms with van der Waals surface area (Å²) in [6.45, 7) is 0. The Bertz CT molecular complexity index is 848. The third-order valence-corrected chi connectivity index (χ3v) is 5.37. The lowest BCUT2D eigenvalue weighted by Crippen LogP contribution is -2.14. The quantitative estimate of drug-likeness (QED) is 0.794. The lowest BCUT2D eigenvalue weighted by Gasteiger charge is -2.11. The van der Waals surface area contributed by atoms with Gasteiger partial charge in [0.05, 0.1) is 11.3 Å². The van der Waals surface area contributed by atoms with Crippen LogP contribution >= 0.6 is 31.9 Å². The van der Waals surface area contributed by atoms with Crippen molar-refractivity contribution >= 4 is 47.6 Å². The number of nitrogens with one attached hydrogen (secondary N) is 1. The number of hydrogen-bond donors (Lipinski definition) is 1. The molecule has 0 saturated heterocycles. The topological polar surface area (TPSA) is 70.0 Å². The molecule has 0 aliphatic rings. The van der Waals surface area contributed by atoms with Crippen LogP contribution in [0.5, 0.6) is 0 Å². The Kier molecular flexibility index (Phi) is 4.66. The molecule has 0 aliphatic carbocycles. The van der Waals surface area contributed by atoms with Gasteiger partial charge in [0.2, 0.25) is 0 Å². The van der Waals surface area contributed by atoms with Crippen molar-refractivity contribution in [3.8, 4) is 6.07 Å². The molecule has 0 atom stereocenters. The molecule has 108 valence electrons. The summed E-state index contributed by atoms with van der Waals surface area (Å²) in [6, 6.07) is 9.73. The van der Waals surface area contributed by atoms with Gasteiger partial charge >= 0.3 is 0 Å². The largest absolute Gasteiger partial charge is 0.278 e. The van der Waals surface area contributed by atoms with Crippen molar-refractivity contribution in [2.24, 2.45) is 0 Å². The van der Waals surface area contributed by atoms with Gasteiger partial charge in [0.1, 0.15) is 16.8 Å². The number of rotatable bonds is 3. The lowest BCUT2D eigenvalue weighted by molar-refractivity contribution is 0.599. The number of nitrogens with zero attached hydrogens (tertiary/aromatic N) is 1. The predicted molar refractivity (Wildman–Crippen MR) is 83.8 cm³/mol. The molecule has 4 nitrogen and oxygen atoms in total. The number of anilines is 1. The number of halogens is 3. The summed E-state index contributed by atoms with van der Waals surface area (Å²) < 4.78 is 40.7. The Morgan fingerprint density at radius 1 is 1.14 bits per heavy atom. The highest BCUT2D eigenvalue weighted by Crippen LogP contribution is 2.27. The Morgan fingerprint density at radius 3 is 2.48 bits per heavy atom. The fourth-order valence-electron chi connectivity index (χ4n) is 1.59. The molecular formula is C13H7Br2FN2O2S. The number of sulfonamides is 1. The molecule has 2 aromatic carbocycles. The SMILES string of the molecule is N#Cc1cc(Br)ccc1NS(=O)(=O)c1ccc(F)cc1Br.